The fraction of sp³-hybridized carbons (Fsp3) is 0.160. The molecule has 0 aliphatic carbocycles. The van der Waals surface area contributed by atoms with Crippen LogP contribution in [0.5, 0.6) is 11.5 Å². The first-order valence-corrected chi connectivity index (χ1v) is 10.5. The fourth-order valence-corrected chi connectivity index (χ4v) is 2.90. The third-order valence-corrected chi connectivity index (χ3v) is 4.66. The lowest BCUT2D eigenvalue weighted by Crippen LogP contribution is -2.24. The van der Waals surface area contributed by atoms with Gasteiger partial charge in [0, 0.05) is 5.02 Å². The van der Waals surface area contributed by atoms with Crippen molar-refractivity contribution in [1.29, 1.82) is 0 Å². The molecule has 3 aromatic carbocycles. The van der Waals surface area contributed by atoms with E-state index in [2.05, 4.69) is 17.5 Å². The number of aryl methyl sites for hydroxylation is 1. The molecule has 0 saturated heterocycles. The molecule has 0 fully saturated rings. The zero-order chi connectivity index (χ0) is 22.8. The van der Waals surface area contributed by atoms with E-state index < -0.39 is 5.97 Å². The van der Waals surface area contributed by atoms with Crippen LogP contribution in [0.15, 0.2) is 77.9 Å². The summed E-state index contributed by atoms with van der Waals surface area (Å²) < 4.78 is 10.8. The molecule has 0 unspecified atom stereocenters. The van der Waals surface area contributed by atoms with Gasteiger partial charge in [0.2, 0.25) is 0 Å². The Hall–Kier alpha value is -3.64. The number of hydrazone groups is 1. The molecule has 0 spiro atoms. The number of halogens is 1. The number of nitrogens with zero attached hydrogens (tertiary/aromatic N) is 1. The Balaban J connectivity index is 1.43. The van der Waals surface area contributed by atoms with Crippen molar-refractivity contribution in [1.82, 2.24) is 5.43 Å². The minimum atomic E-state index is -0.477. The highest BCUT2D eigenvalue weighted by Gasteiger charge is 2.08. The van der Waals surface area contributed by atoms with Gasteiger partial charge in [-0.15, -0.1) is 0 Å². The van der Waals surface area contributed by atoms with Gasteiger partial charge in [0.15, 0.2) is 6.61 Å². The van der Waals surface area contributed by atoms with Gasteiger partial charge in [-0.2, -0.15) is 5.10 Å². The maximum atomic E-state index is 12.1. The Kier molecular flexibility index (Phi) is 8.40. The van der Waals surface area contributed by atoms with Crippen LogP contribution in [0, 0.1) is 0 Å². The predicted octanol–water partition coefficient (Wildman–Crippen LogP) is 5.04. The molecule has 0 aromatic heterocycles. The largest absolute Gasteiger partial charge is 0.484 e. The van der Waals surface area contributed by atoms with Gasteiger partial charge in [0.05, 0.1) is 11.8 Å². The highest BCUT2D eigenvalue weighted by Crippen LogP contribution is 2.16. The molecule has 1 N–H and O–H groups in total. The van der Waals surface area contributed by atoms with E-state index in [0.717, 1.165) is 18.4 Å². The number of hydrogen-bond acceptors (Lipinski definition) is 5. The summed E-state index contributed by atoms with van der Waals surface area (Å²) >= 11 is 5.82. The molecular formula is C25H23ClN2O4. The number of hydrogen-bond donors (Lipinski definition) is 1. The van der Waals surface area contributed by atoms with E-state index >= 15 is 0 Å². The minimum Gasteiger partial charge on any atom is -0.484 e. The number of ether oxygens (including phenoxy) is 2. The summed E-state index contributed by atoms with van der Waals surface area (Å²) in [6, 6.07) is 20.8. The molecule has 1 amide bonds. The number of benzene rings is 3. The van der Waals surface area contributed by atoms with E-state index in [1.54, 1.807) is 48.5 Å². The van der Waals surface area contributed by atoms with E-state index in [9.17, 15) is 9.59 Å². The molecule has 0 aliphatic rings. The normalized spacial score (nSPS) is 10.7. The lowest BCUT2D eigenvalue weighted by atomic mass is 10.1. The van der Waals surface area contributed by atoms with Gasteiger partial charge in [-0.25, -0.2) is 10.2 Å². The molecule has 0 radical (unpaired) electrons. The van der Waals surface area contributed by atoms with Crippen LogP contribution in [0.4, 0.5) is 0 Å². The van der Waals surface area contributed by atoms with Crippen molar-refractivity contribution in [3.05, 3.63) is 94.5 Å². The van der Waals surface area contributed by atoms with Crippen molar-refractivity contribution in [2.45, 2.75) is 19.8 Å². The van der Waals surface area contributed by atoms with E-state index in [0.29, 0.717) is 22.1 Å². The van der Waals surface area contributed by atoms with Crippen LogP contribution in [0.1, 0.15) is 34.8 Å². The van der Waals surface area contributed by atoms with Crippen LogP contribution in [-0.2, 0) is 11.2 Å². The molecule has 164 valence electrons. The molecular weight excluding hydrogens is 428 g/mol. The average Bonchev–Trinajstić information content (AvgIpc) is 2.80. The van der Waals surface area contributed by atoms with Gasteiger partial charge >= 0.3 is 5.97 Å². The molecule has 7 heteroatoms. The smallest absolute Gasteiger partial charge is 0.343 e. The summed E-state index contributed by atoms with van der Waals surface area (Å²) in [7, 11) is 0. The maximum absolute atomic E-state index is 12.1. The quantitative estimate of drug-likeness (QED) is 0.214. The van der Waals surface area contributed by atoms with E-state index in [4.69, 9.17) is 21.1 Å². The Morgan fingerprint density at radius 2 is 1.59 bits per heavy atom. The molecule has 0 bridgehead atoms. The van der Waals surface area contributed by atoms with E-state index in [1.165, 1.54) is 11.8 Å². The van der Waals surface area contributed by atoms with Gasteiger partial charge in [-0.3, -0.25) is 4.79 Å². The third-order valence-electron chi connectivity index (χ3n) is 4.41. The SMILES string of the molecule is CCCc1ccc(OCC(=O)N/N=C/c2ccc(OC(=O)c3ccc(Cl)cc3)cc2)cc1. The Labute approximate surface area is 191 Å². The molecule has 3 aromatic rings. The summed E-state index contributed by atoms with van der Waals surface area (Å²) in [5, 5.41) is 4.46. The number of rotatable bonds is 9. The van der Waals surface area contributed by atoms with Gasteiger partial charge in [0.25, 0.3) is 5.91 Å². The van der Waals surface area contributed by atoms with Crippen molar-refractivity contribution < 1.29 is 19.1 Å². The summed E-state index contributed by atoms with van der Waals surface area (Å²) in [4.78, 5) is 24.0. The third kappa shape index (κ3) is 7.25. The lowest BCUT2D eigenvalue weighted by molar-refractivity contribution is -0.123. The molecule has 0 atom stereocenters. The number of esters is 1. The van der Waals surface area contributed by atoms with Crippen molar-refractivity contribution in [3.8, 4) is 11.5 Å². The van der Waals surface area contributed by atoms with Crippen LogP contribution >= 0.6 is 11.6 Å². The number of carbonyl (C=O) groups excluding carboxylic acids is 2. The summed E-state index contributed by atoms with van der Waals surface area (Å²) in [5.41, 5.74) is 4.78. The second kappa shape index (κ2) is 11.7. The second-order valence-electron chi connectivity index (χ2n) is 6.94. The van der Waals surface area contributed by atoms with Gasteiger partial charge in [-0.05, 0) is 78.2 Å². The van der Waals surface area contributed by atoms with E-state index in [-0.39, 0.29) is 12.5 Å². The maximum Gasteiger partial charge on any atom is 0.343 e. The number of nitrogens with one attached hydrogen (secondary N) is 1. The Morgan fingerprint density at radius 3 is 2.25 bits per heavy atom. The highest BCUT2D eigenvalue weighted by atomic mass is 35.5. The first-order chi connectivity index (χ1) is 15.5. The molecule has 6 nitrogen and oxygen atoms in total. The van der Waals surface area contributed by atoms with Crippen molar-refractivity contribution >= 4 is 29.7 Å². The zero-order valence-electron chi connectivity index (χ0n) is 17.6. The lowest BCUT2D eigenvalue weighted by Gasteiger charge is -2.06. The summed E-state index contributed by atoms with van der Waals surface area (Å²) in [5.74, 6) is 0.181. The van der Waals surface area contributed by atoms with Crippen molar-refractivity contribution in [2.24, 2.45) is 5.10 Å². The highest BCUT2D eigenvalue weighted by molar-refractivity contribution is 6.30. The second-order valence-corrected chi connectivity index (χ2v) is 7.38. The van der Waals surface area contributed by atoms with Crippen LogP contribution in [-0.4, -0.2) is 24.7 Å². The summed E-state index contributed by atoms with van der Waals surface area (Å²) in [6.07, 6.45) is 3.58. The minimum absolute atomic E-state index is 0.135. The molecule has 0 heterocycles. The standard InChI is InChI=1S/C25H23ClN2O4/c1-2-3-18-4-12-22(13-5-18)31-17-24(29)28-27-16-19-6-14-23(15-7-19)32-25(30)20-8-10-21(26)11-9-20/h4-16H,2-3,17H2,1H3,(H,28,29)/b27-16+. The first-order valence-electron chi connectivity index (χ1n) is 10.1. The van der Waals surface area contributed by atoms with Crippen LogP contribution in [0.25, 0.3) is 0 Å². The Bertz CT molecular complexity index is 1060. The number of carbonyl (C=O) groups is 2. The van der Waals surface area contributed by atoms with Crippen LogP contribution in [0.3, 0.4) is 0 Å². The van der Waals surface area contributed by atoms with Crippen molar-refractivity contribution in [3.63, 3.8) is 0 Å². The monoisotopic (exact) mass is 450 g/mol. The van der Waals surface area contributed by atoms with Gasteiger partial charge < -0.3 is 9.47 Å². The van der Waals surface area contributed by atoms with Crippen LogP contribution in [0.2, 0.25) is 5.02 Å². The Morgan fingerprint density at radius 1 is 0.938 bits per heavy atom. The predicted molar refractivity (Wildman–Crippen MR) is 125 cm³/mol. The molecule has 0 saturated carbocycles. The molecule has 32 heavy (non-hydrogen) atoms. The zero-order valence-corrected chi connectivity index (χ0v) is 18.3. The number of amides is 1. The fourth-order valence-electron chi connectivity index (χ4n) is 2.77. The average molecular weight is 451 g/mol. The first kappa shape index (κ1) is 23.0. The summed E-state index contributed by atoms with van der Waals surface area (Å²) in [6.45, 7) is 1.99. The molecule has 0 aliphatic heterocycles. The topological polar surface area (TPSA) is 77.0 Å². The van der Waals surface area contributed by atoms with Crippen molar-refractivity contribution in [2.75, 3.05) is 6.61 Å². The van der Waals surface area contributed by atoms with Gasteiger partial charge in [-0.1, -0.05) is 37.1 Å². The van der Waals surface area contributed by atoms with Gasteiger partial charge in [0.1, 0.15) is 11.5 Å². The van der Waals surface area contributed by atoms with E-state index in [1.807, 2.05) is 24.3 Å². The van der Waals surface area contributed by atoms with Crippen LogP contribution < -0.4 is 14.9 Å². The molecule has 3 rings (SSSR count).